The van der Waals surface area contributed by atoms with Gasteiger partial charge in [0.05, 0.1) is 24.9 Å². The molecule has 0 spiro atoms. The number of methoxy groups -OCH3 is 3. The predicted octanol–water partition coefficient (Wildman–Crippen LogP) is 2.00. The summed E-state index contributed by atoms with van der Waals surface area (Å²) >= 11 is 0. The highest BCUT2D eigenvalue weighted by atomic mass is 16.5. The smallest absolute Gasteiger partial charge is 0.251 e. The van der Waals surface area contributed by atoms with E-state index in [-0.39, 0.29) is 36.0 Å². The van der Waals surface area contributed by atoms with Crippen molar-refractivity contribution in [1.29, 1.82) is 0 Å². The zero-order chi connectivity index (χ0) is 20.1. The fourth-order valence-corrected chi connectivity index (χ4v) is 4.47. The number of carbonyl (C=O) groups is 2. The maximum Gasteiger partial charge on any atom is 0.251 e. The third-order valence-electron chi connectivity index (χ3n) is 6.15. The Morgan fingerprint density at radius 3 is 2.79 bits per heavy atom. The highest BCUT2D eigenvalue weighted by Gasteiger charge is 2.52. The average molecular weight is 390 g/mol. The number of rotatable bonds is 7. The van der Waals surface area contributed by atoms with E-state index in [1.54, 1.807) is 45.6 Å². The van der Waals surface area contributed by atoms with Crippen LogP contribution in [0.5, 0.6) is 5.75 Å². The molecule has 0 bridgehead atoms. The molecule has 1 N–H and O–H groups in total. The van der Waals surface area contributed by atoms with E-state index in [9.17, 15) is 9.59 Å². The molecular weight excluding hydrogens is 360 g/mol. The van der Waals surface area contributed by atoms with Crippen molar-refractivity contribution in [3.8, 4) is 5.75 Å². The van der Waals surface area contributed by atoms with Gasteiger partial charge in [-0.15, -0.1) is 0 Å². The molecular formula is C21H30N2O5. The summed E-state index contributed by atoms with van der Waals surface area (Å²) in [5.41, 5.74) is 0.260. The first kappa shape index (κ1) is 20.6. The first-order valence-corrected chi connectivity index (χ1v) is 9.82. The van der Waals surface area contributed by atoms with Crippen molar-refractivity contribution in [2.45, 2.75) is 49.9 Å². The topological polar surface area (TPSA) is 77.1 Å². The Labute approximate surface area is 166 Å². The van der Waals surface area contributed by atoms with Crippen LogP contribution in [0.1, 0.15) is 42.5 Å². The van der Waals surface area contributed by atoms with E-state index in [0.29, 0.717) is 24.4 Å². The number of hydrogen-bond acceptors (Lipinski definition) is 5. The standard InChI is InChI=1S/C21H30N2O5/c1-26-16-6-4-5-15(13-16)20(25)22-11-8-19(24)23-12-10-21(28-3)9-7-17(27-2)14-18(21)23/h4-6,13,17-18H,7-12,14H2,1-3H3,(H,22,25)/t17?,18?,21-/m1/s1. The molecule has 2 aliphatic rings. The minimum absolute atomic E-state index is 0.0396. The summed E-state index contributed by atoms with van der Waals surface area (Å²) in [5.74, 6) is 0.463. The first-order chi connectivity index (χ1) is 13.5. The van der Waals surface area contributed by atoms with E-state index in [1.807, 2.05) is 4.90 Å². The van der Waals surface area contributed by atoms with Crippen LogP contribution in [0.2, 0.25) is 0 Å². The molecule has 7 heteroatoms. The minimum atomic E-state index is -0.255. The van der Waals surface area contributed by atoms with E-state index in [4.69, 9.17) is 14.2 Å². The molecule has 1 saturated carbocycles. The highest BCUT2D eigenvalue weighted by molar-refractivity contribution is 5.94. The lowest BCUT2D eigenvalue weighted by Crippen LogP contribution is -2.53. The summed E-state index contributed by atoms with van der Waals surface area (Å²) in [6.45, 7) is 0.989. The Kier molecular flexibility index (Phi) is 6.57. The summed E-state index contributed by atoms with van der Waals surface area (Å²) in [6.07, 6.45) is 3.94. The van der Waals surface area contributed by atoms with Gasteiger partial charge in [-0.2, -0.15) is 0 Å². The average Bonchev–Trinajstić information content (AvgIpc) is 3.12. The van der Waals surface area contributed by atoms with Gasteiger partial charge in [-0.25, -0.2) is 0 Å². The van der Waals surface area contributed by atoms with Crippen LogP contribution in [0.15, 0.2) is 24.3 Å². The number of hydrogen-bond donors (Lipinski definition) is 1. The fraction of sp³-hybridized carbons (Fsp3) is 0.619. The second-order valence-electron chi connectivity index (χ2n) is 7.49. The van der Waals surface area contributed by atoms with E-state index < -0.39 is 0 Å². The van der Waals surface area contributed by atoms with Crippen molar-refractivity contribution < 1.29 is 23.8 Å². The van der Waals surface area contributed by atoms with Crippen molar-refractivity contribution in [1.82, 2.24) is 10.2 Å². The van der Waals surface area contributed by atoms with Gasteiger partial charge >= 0.3 is 0 Å². The van der Waals surface area contributed by atoms with Crippen molar-refractivity contribution in [2.75, 3.05) is 34.4 Å². The molecule has 3 atom stereocenters. The summed E-state index contributed by atoms with van der Waals surface area (Å²) in [4.78, 5) is 27.0. The quantitative estimate of drug-likeness (QED) is 0.771. The lowest BCUT2D eigenvalue weighted by molar-refractivity contribution is -0.140. The van der Waals surface area contributed by atoms with Crippen LogP contribution < -0.4 is 10.1 Å². The van der Waals surface area contributed by atoms with Crippen LogP contribution in [0.4, 0.5) is 0 Å². The maximum absolute atomic E-state index is 12.8. The van der Waals surface area contributed by atoms with E-state index >= 15 is 0 Å². The molecule has 0 radical (unpaired) electrons. The van der Waals surface area contributed by atoms with Crippen molar-refractivity contribution in [3.05, 3.63) is 29.8 Å². The number of nitrogens with zero attached hydrogens (tertiary/aromatic N) is 1. The lowest BCUT2D eigenvalue weighted by atomic mass is 9.79. The number of carbonyl (C=O) groups excluding carboxylic acids is 2. The van der Waals surface area contributed by atoms with Gasteiger partial charge in [0.2, 0.25) is 5.91 Å². The Hall–Kier alpha value is -2.12. The number of amides is 2. The summed E-state index contributed by atoms with van der Waals surface area (Å²) in [5, 5.41) is 2.82. The fourth-order valence-electron chi connectivity index (χ4n) is 4.47. The number of nitrogens with one attached hydrogen (secondary N) is 1. The highest BCUT2D eigenvalue weighted by Crippen LogP contribution is 2.43. The van der Waals surface area contributed by atoms with Gasteiger partial charge in [0.15, 0.2) is 0 Å². The molecule has 2 amide bonds. The number of ether oxygens (including phenoxy) is 3. The number of fused-ring (bicyclic) bond motifs is 1. The second-order valence-corrected chi connectivity index (χ2v) is 7.49. The third-order valence-corrected chi connectivity index (χ3v) is 6.15. The second kappa shape index (κ2) is 8.92. The lowest BCUT2D eigenvalue weighted by Gasteiger charge is -2.43. The zero-order valence-electron chi connectivity index (χ0n) is 16.9. The zero-order valence-corrected chi connectivity index (χ0v) is 16.9. The summed E-state index contributed by atoms with van der Waals surface area (Å²) in [6, 6.07) is 6.99. The van der Waals surface area contributed by atoms with Crippen LogP contribution in [0, 0.1) is 0 Å². The van der Waals surface area contributed by atoms with E-state index in [2.05, 4.69) is 5.32 Å². The summed E-state index contributed by atoms with van der Waals surface area (Å²) in [7, 11) is 5.02. The molecule has 1 heterocycles. The van der Waals surface area contributed by atoms with Gasteiger partial charge in [-0.05, 0) is 43.9 Å². The number of likely N-dealkylation sites (tertiary alicyclic amines) is 1. The van der Waals surface area contributed by atoms with Crippen molar-refractivity contribution in [3.63, 3.8) is 0 Å². The summed E-state index contributed by atoms with van der Waals surface area (Å²) < 4.78 is 16.5. The maximum atomic E-state index is 12.8. The van der Waals surface area contributed by atoms with Gasteiger partial charge in [0.25, 0.3) is 5.91 Å². The molecule has 154 valence electrons. The van der Waals surface area contributed by atoms with Gasteiger partial charge in [-0.1, -0.05) is 6.07 Å². The Balaban J connectivity index is 1.55. The Bertz CT molecular complexity index is 710. The molecule has 28 heavy (non-hydrogen) atoms. The molecule has 3 rings (SSSR count). The van der Waals surface area contributed by atoms with Crippen molar-refractivity contribution >= 4 is 11.8 Å². The van der Waals surface area contributed by atoms with E-state index in [1.165, 1.54) is 0 Å². The predicted molar refractivity (Wildman–Crippen MR) is 104 cm³/mol. The van der Waals surface area contributed by atoms with Crippen LogP contribution >= 0.6 is 0 Å². The molecule has 1 aliphatic heterocycles. The molecule has 0 aromatic heterocycles. The third kappa shape index (κ3) is 4.15. The molecule has 7 nitrogen and oxygen atoms in total. The molecule has 1 aromatic rings. The number of benzene rings is 1. The Morgan fingerprint density at radius 1 is 1.25 bits per heavy atom. The van der Waals surface area contributed by atoms with Gasteiger partial charge in [0, 0.05) is 39.3 Å². The Morgan fingerprint density at radius 2 is 2.07 bits per heavy atom. The van der Waals surface area contributed by atoms with Gasteiger partial charge in [-0.3, -0.25) is 9.59 Å². The molecule has 2 unspecified atom stereocenters. The van der Waals surface area contributed by atoms with Crippen LogP contribution in [0.3, 0.4) is 0 Å². The van der Waals surface area contributed by atoms with Gasteiger partial charge < -0.3 is 24.4 Å². The minimum Gasteiger partial charge on any atom is -0.497 e. The van der Waals surface area contributed by atoms with Crippen molar-refractivity contribution in [2.24, 2.45) is 0 Å². The van der Waals surface area contributed by atoms with Crippen LogP contribution in [0.25, 0.3) is 0 Å². The van der Waals surface area contributed by atoms with Gasteiger partial charge in [0.1, 0.15) is 5.75 Å². The molecule has 1 aliphatic carbocycles. The molecule has 1 saturated heterocycles. The van der Waals surface area contributed by atoms with Crippen LogP contribution in [-0.2, 0) is 14.3 Å². The van der Waals surface area contributed by atoms with Crippen LogP contribution in [-0.4, -0.2) is 68.9 Å². The van der Waals surface area contributed by atoms with E-state index in [0.717, 1.165) is 25.7 Å². The monoisotopic (exact) mass is 390 g/mol. The SMILES string of the molecule is COc1cccc(C(=O)NCCC(=O)N2CC[C@]3(OC)CCC(OC)CC23)c1. The molecule has 2 fully saturated rings. The largest absolute Gasteiger partial charge is 0.497 e. The first-order valence-electron chi connectivity index (χ1n) is 9.82. The normalized spacial score (nSPS) is 26.6. The molecule has 1 aromatic carbocycles.